The minimum atomic E-state index is 0.164. The third-order valence-electron chi connectivity index (χ3n) is 3.42. The van der Waals surface area contributed by atoms with Crippen molar-refractivity contribution in [2.45, 2.75) is 12.3 Å². The Kier molecular flexibility index (Phi) is 3.87. The van der Waals surface area contributed by atoms with Gasteiger partial charge in [0.25, 0.3) is 0 Å². The van der Waals surface area contributed by atoms with Gasteiger partial charge in [-0.1, -0.05) is 46.3 Å². The maximum absolute atomic E-state index is 5.98. The molecule has 0 saturated heterocycles. The van der Waals surface area contributed by atoms with Gasteiger partial charge in [-0.2, -0.15) is 0 Å². The van der Waals surface area contributed by atoms with Gasteiger partial charge >= 0.3 is 0 Å². The summed E-state index contributed by atoms with van der Waals surface area (Å²) in [5.41, 5.74) is 4.95. The molecule has 2 nitrogen and oxygen atoms in total. The number of nitrogens with zero attached hydrogens (tertiary/aromatic N) is 1. The average molecular weight is 347 g/mol. The fourth-order valence-corrected chi connectivity index (χ4v) is 3.71. The Balaban J connectivity index is 2.06. The van der Waals surface area contributed by atoms with Gasteiger partial charge in [-0.3, -0.25) is 5.01 Å². The van der Waals surface area contributed by atoms with Crippen LogP contribution in [0.5, 0.6) is 0 Å². The van der Waals surface area contributed by atoms with E-state index in [-0.39, 0.29) is 5.37 Å². The summed E-state index contributed by atoms with van der Waals surface area (Å²) in [5, 5.41) is 3.94. The van der Waals surface area contributed by atoms with E-state index >= 15 is 0 Å². The largest absolute Gasteiger partial charge is 0.300 e. The third-order valence-corrected chi connectivity index (χ3v) is 5.17. The Morgan fingerprint density at radius 2 is 1.95 bits per heavy atom. The molecule has 0 aromatic heterocycles. The minimum Gasteiger partial charge on any atom is -0.300 e. The molecule has 0 amide bonds. The Labute approximate surface area is 131 Å². The molecule has 1 heterocycles. The molecule has 0 bridgehead atoms. The monoisotopic (exact) mass is 346 g/mol. The van der Waals surface area contributed by atoms with Gasteiger partial charge in [-0.15, -0.1) is 11.8 Å². The first kappa shape index (κ1) is 13.7. The normalized spacial score (nSPS) is 17.8. The van der Waals surface area contributed by atoms with Crippen LogP contribution in [0.2, 0.25) is 0 Å². The second-order valence-electron chi connectivity index (χ2n) is 4.78. The van der Waals surface area contributed by atoms with Crippen molar-refractivity contribution in [3.63, 3.8) is 0 Å². The van der Waals surface area contributed by atoms with Crippen LogP contribution in [-0.4, -0.2) is 5.01 Å². The number of hydrogen-bond acceptors (Lipinski definition) is 3. The van der Waals surface area contributed by atoms with E-state index in [1.807, 2.05) is 17.7 Å². The summed E-state index contributed by atoms with van der Waals surface area (Å²) in [6, 6.07) is 14.9. The average Bonchev–Trinajstić information content (AvgIpc) is 2.87. The van der Waals surface area contributed by atoms with Crippen molar-refractivity contribution in [1.29, 1.82) is 0 Å². The Hall–Kier alpha value is -1.23. The smallest absolute Gasteiger partial charge is 0.119 e. The van der Waals surface area contributed by atoms with Gasteiger partial charge in [0.05, 0.1) is 0 Å². The second kappa shape index (κ2) is 5.64. The zero-order valence-electron chi connectivity index (χ0n) is 11.1. The fraction of sp³-hybridized carbons (Fsp3) is 0.125. The molecule has 2 aromatic rings. The minimum absolute atomic E-state index is 0.164. The molecular weight excluding hydrogens is 332 g/mol. The predicted molar refractivity (Wildman–Crippen MR) is 89.8 cm³/mol. The summed E-state index contributed by atoms with van der Waals surface area (Å²) < 4.78 is 1.11. The van der Waals surface area contributed by atoms with Crippen LogP contribution in [0.25, 0.3) is 11.1 Å². The number of thioether (sulfide) groups is 1. The lowest BCUT2D eigenvalue weighted by Crippen LogP contribution is -2.25. The molecule has 0 saturated carbocycles. The number of benzene rings is 2. The van der Waals surface area contributed by atoms with E-state index in [0.717, 1.165) is 4.47 Å². The van der Waals surface area contributed by atoms with Crippen molar-refractivity contribution in [2.75, 3.05) is 0 Å². The van der Waals surface area contributed by atoms with Gasteiger partial charge in [-0.05, 0) is 46.7 Å². The summed E-state index contributed by atoms with van der Waals surface area (Å²) in [4.78, 5) is 0. The molecule has 1 atom stereocenters. The lowest BCUT2D eigenvalue weighted by atomic mass is 9.98. The van der Waals surface area contributed by atoms with E-state index in [0.29, 0.717) is 0 Å². The molecule has 4 heteroatoms. The number of halogens is 1. The van der Waals surface area contributed by atoms with Crippen molar-refractivity contribution in [2.24, 2.45) is 5.84 Å². The summed E-state index contributed by atoms with van der Waals surface area (Å²) in [5.74, 6) is 5.98. The number of nitrogens with two attached hydrogens (primary N) is 1. The second-order valence-corrected chi connectivity index (χ2v) is 6.62. The molecule has 1 unspecified atom stereocenters. The molecule has 20 heavy (non-hydrogen) atoms. The van der Waals surface area contributed by atoms with Crippen LogP contribution < -0.4 is 5.84 Å². The summed E-state index contributed by atoms with van der Waals surface area (Å²) in [6.45, 7) is 2.14. The van der Waals surface area contributed by atoms with E-state index in [2.05, 4.69) is 59.3 Å². The van der Waals surface area contributed by atoms with Crippen LogP contribution in [0.1, 0.15) is 16.5 Å². The van der Waals surface area contributed by atoms with E-state index in [1.165, 1.54) is 22.3 Å². The Morgan fingerprint density at radius 3 is 2.65 bits per heavy atom. The first-order valence-electron chi connectivity index (χ1n) is 6.37. The molecule has 0 radical (unpaired) electrons. The van der Waals surface area contributed by atoms with Gasteiger partial charge in [0, 0.05) is 10.7 Å². The standard InChI is InChI=1S/C16H15BrN2S/c1-11-6-7-12(16-19(18)8-9-20-16)10-14(11)13-4-2-3-5-15(13)17/h2-10,16H,18H2,1H3. The number of rotatable bonds is 2. The van der Waals surface area contributed by atoms with Crippen molar-refractivity contribution < 1.29 is 0 Å². The fourth-order valence-electron chi connectivity index (χ4n) is 2.34. The summed E-state index contributed by atoms with van der Waals surface area (Å²) in [7, 11) is 0. The Morgan fingerprint density at radius 1 is 1.15 bits per heavy atom. The molecular formula is C16H15BrN2S. The number of hydrogen-bond donors (Lipinski definition) is 1. The maximum Gasteiger partial charge on any atom is 0.119 e. The molecule has 0 aliphatic carbocycles. The molecule has 0 fully saturated rings. The van der Waals surface area contributed by atoms with Gasteiger partial charge in [-0.25, -0.2) is 5.84 Å². The van der Waals surface area contributed by atoms with Crippen molar-refractivity contribution in [3.05, 3.63) is 69.7 Å². The lowest BCUT2D eigenvalue weighted by molar-refractivity contribution is 0.385. The topological polar surface area (TPSA) is 29.3 Å². The molecule has 3 rings (SSSR count). The molecule has 1 aliphatic heterocycles. The van der Waals surface area contributed by atoms with E-state index in [1.54, 1.807) is 16.8 Å². The van der Waals surface area contributed by atoms with E-state index in [9.17, 15) is 0 Å². The van der Waals surface area contributed by atoms with Crippen molar-refractivity contribution in [1.82, 2.24) is 5.01 Å². The lowest BCUT2D eigenvalue weighted by Gasteiger charge is -2.21. The Bertz CT molecular complexity index is 669. The molecule has 2 aromatic carbocycles. The molecule has 102 valence electrons. The maximum atomic E-state index is 5.98. The zero-order chi connectivity index (χ0) is 14.1. The van der Waals surface area contributed by atoms with E-state index in [4.69, 9.17) is 5.84 Å². The van der Waals surface area contributed by atoms with Gasteiger partial charge in [0.15, 0.2) is 0 Å². The van der Waals surface area contributed by atoms with Crippen molar-refractivity contribution in [3.8, 4) is 11.1 Å². The number of aryl methyl sites for hydroxylation is 1. The first-order valence-corrected chi connectivity index (χ1v) is 8.11. The highest BCUT2D eigenvalue weighted by Crippen LogP contribution is 2.39. The highest BCUT2D eigenvalue weighted by atomic mass is 79.9. The highest BCUT2D eigenvalue weighted by Gasteiger charge is 2.20. The zero-order valence-corrected chi connectivity index (χ0v) is 13.5. The summed E-state index contributed by atoms with van der Waals surface area (Å²) in [6.07, 6.45) is 1.91. The van der Waals surface area contributed by atoms with Crippen LogP contribution in [0.15, 0.2) is 58.5 Å². The first-order chi connectivity index (χ1) is 9.66. The van der Waals surface area contributed by atoms with Gasteiger partial charge in [0.2, 0.25) is 0 Å². The highest BCUT2D eigenvalue weighted by molar-refractivity contribution is 9.10. The van der Waals surface area contributed by atoms with Crippen LogP contribution >= 0.6 is 27.7 Å². The van der Waals surface area contributed by atoms with Crippen LogP contribution in [0.4, 0.5) is 0 Å². The summed E-state index contributed by atoms with van der Waals surface area (Å²) >= 11 is 5.36. The van der Waals surface area contributed by atoms with Gasteiger partial charge < -0.3 is 0 Å². The number of hydrazine groups is 1. The van der Waals surface area contributed by atoms with Crippen LogP contribution in [0, 0.1) is 6.92 Å². The molecule has 1 aliphatic rings. The molecule has 2 N–H and O–H groups in total. The van der Waals surface area contributed by atoms with Gasteiger partial charge in [0.1, 0.15) is 5.37 Å². The SMILES string of the molecule is Cc1ccc(C2SC=CN2N)cc1-c1ccccc1Br. The van der Waals surface area contributed by atoms with Crippen molar-refractivity contribution >= 4 is 27.7 Å². The third kappa shape index (κ3) is 2.51. The predicted octanol–water partition coefficient (Wildman–Crippen LogP) is 4.82. The van der Waals surface area contributed by atoms with E-state index < -0.39 is 0 Å². The van der Waals surface area contributed by atoms with Crippen LogP contribution in [0.3, 0.4) is 0 Å². The molecule has 0 spiro atoms. The quantitative estimate of drug-likeness (QED) is 0.790. The van der Waals surface area contributed by atoms with Crippen LogP contribution in [-0.2, 0) is 0 Å².